The molecule has 0 atom stereocenters. The van der Waals surface area contributed by atoms with Gasteiger partial charge in [0, 0.05) is 24.5 Å². The highest BCUT2D eigenvalue weighted by molar-refractivity contribution is 5.85. The molecule has 0 unspecified atom stereocenters. The van der Waals surface area contributed by atoms with Gasteiger partial charge in [-0.2, -0.15) is 4.98 Å². The zero-order valence-electron chi connectivity index (χ0n) is 11.6. The van der Waals surface area contributed by atoms with Crippen molar-refractivity contribution < 1.29 is 14.3 Å². The van der Waals surface area contributed by atoms with E-state index in [0.29, 0.717) is 0 Å². The number of aromatic nitrogens is 1. The molecular formula is C15H17N3O3. The van der Waals surface area contributed by atoms with Crippen molar-refractivity contribution in [1.29, 1.82) is 0 Å². The van der Waals surface area contributed by atoms with Crippen LogP contribution in [0.3, 0.4) is 0 Å². The number of nitrogens with one attached hydrogen (secondary N) is 1. The molecule has 21 heavy (non-hydrogen) atoms. The highest BCUT2D eigenvalue weighted by Gasteiger charge is 2.12. The molecule has 0 saturated carbocycles. The van der Waals surface area contributed by atoms with E-state index in [4.69, 9.17) is 9.52 Å². The molecule has 0 spiro atoms. The molecule has 1 aliphatic rings. The fraction of sp³-hybridized carbons (Fsp3) is 0.333. The zero-order valence-corrected chi connectivity index (χ0v) is 11.6. The number of benzene rings is 1. The summed E-state index contributed by atoms with van der Waals surface area (Å²) in [6, 6.07) is 8.16. The number of nitrogens with zero attached hydrogens (tertiary/aromatic N) is 2. The number of oxazole rings is 1. The van der Waals surface area contributed by atoms with Crippen LogP contribution in [0.5, 0.6) is 0 Å². The Morgan fingerprint density at radius 3 is 2.52 bits per heavy atom. The summed E-state index contributed by atoms with van der Waals surface area (Å²) in [5.41, 5.74) is 1.91. The first kappa shape index (κ1) is 13.5. The lowest BCUT2D eigenvalue weighted by atomic mass is 10.1. The Kier molecular flexibility index (Phi) is 3.77. The topological polar surface area (TPSA) is 78.6 Å². The second-order valence-electron chi connectivity index (χ2n) is 5.06. The Morgan fingerprint density at radius 2 is 1.90 bits per heavy atom. The smallest absolute Gasteiger partial charge is 0.357 e. The van der Waals surface area contributed by atoms with E-state index in [9.17, 15) is 4.79 Å². The van der Waals surface area contributed by atoms with Gasteiger partial charge in [0.25, 0.3) is 6.01 Å². The minimum absolute atomic E-state index is 0.109. The molecule has 0 amide bonds. The van der Waals surface area contributed by atoms with Gasteiger partial charge >= 0.3 is 5.97 Å². The summed E-state index contributed by atoms with van der Waals surface area (Å²) in [4.78, 5) is 16.9. The summed E-state index contributed by atoms with van der Waals surface area (Å²) in [6.07, 6.45) is 4.92. The summed E-state index contributed by atoms with van der Waals surface area (Å²) in [6.45, 7) is 2.21. The van der Waals surface area contributed by atoms with E-state index < -0.39 is 5.97 Å². The fourth-order valence-electron chi connectivity index (χ4n) is 2.46. The Balaban J connectivity index is 1.67. The second kappa shape index (κ2) is 5.87. The quantitative estimate of drug-likeness (QED) is 0.899. The third-order valence-electron chi connectivity index (χ3n) is 3.56. The molecule has 1 aromatic heterocycles. The van der Waals surface area contributed by atoms with Crippen LogP contribution in [0.1, 0.15) is 29.8 Å². The standard InChI is InChI=1S/C15H17N3O3/c19-14(20)13-10-21-15(17-13)16-11-4-6-12(7-5-11)18-8-2-1-3-9-18/h4-7,10H,1-3,8-9H2,(H,16,17)(H,19,20). The fourth-order valence-corrected chi connectivity index (χ4v) is 2.46. The molecular weight excluding hydrogens is 270 g/mol. The van der Waals surface area contributed by atoms with Crippen LogP contribution in [-0.4, -0.2) is 29.1 Å². The SMILES string of the molecule is O=C(O)c1coc(Nc2ccc(N3CCCCC3)cc2)n1. The van der Waals surface area contributed by atoms with E-state index in [0.717, 1.165) is 25.0 Å². The molecule has 6 nitrogen and oxygen atoms in total. The number of piperidine rings is 1. The lowest BCUT2D eigenvalue weighted by molar-refractivity contribution is 0.0690. The van der Waals surface area contributed by atoms with Crippen molar-refractivity contribution in [2.75, 3.05) is 23.3 Å². The lowest BCUT2D eigenvalue weighted by Crippen LogP contribution is -2.29. The molecule has 1 aliphatic heterocycles. The van der Waals surface area contributed by atoms with Crippen molar-refractivity contribution in [3.8, 4) is 0 Å². The van der Waals surface area contributed by atoms with Crippen LogP contribution in [0.25, 0.3) is 0 Å². The van der Waals surface area contributed by atoms with Gasteiger partial charge < -0.3 is 19.7 Å². The minimum atomic E-state index is -1.10. The van der Waals surface area contributed by atoms with Crippen molar-refractivity contribution >= 4 is 23.4 Å². The molecule has 1 fully saturated rings. The first-order valence-corrected chi connectivity index (χ1v) is 7.03. The Bertz CT molecular complexity index is 615. The molecule has 3 rings (SSSR count). The van der Waals surface area contributed by atoms with E-state index in [1.54, 1.807) is 0 Å². The second-order valence-corrected chi connectivity index (χ2v) is 5.06. The number of aromatic carboxylic acids is 1. The molecule has 2 heterocycles. The Labute approximate surface area is 122 Å². The average Bonchev–Trinajstić information content (AvgIpc) is 2.98. The van der Waals surface area contributed by atoms with Gasteiger partial charge in [0.15, 0.2) is 5.69 Å². The monoisotopic (exact) mass is 287 g/mol. The van der Waals surface area contributed by atoms with Gasteiger partial charge in [-0.1, -0.05) is 0 Å². The summed E-state index contributed by atoms with van der Waals surface area (Å²) in [5.74, 6) is -1.10. The summed E-state index contributed by atoms with van der Waals surface area (Å²) < 4.78 is 5.06. The molecule has 2 aromatic rings. The van der Waals surface area contributed by atoms with Gasteiger partial charge in [0.05, 0.1) is 0 Å². The average molecular weight is 287 g/mol. The maximum atomic E-state index is 10.7. The van der Waals surface area contributed by atoms with E-state index in [1.165, 1.54) is 24.9 Å². The zero-order chi connectivity index (χ0) is 14.7. The molecule has 0 aliphatic carbocycles. The predicted molar refractivity (Wildman–Crippen MR) is 79.3 cm³/mol. The van der Waals surface area contributed by atoms with Crippen LogP contribution < -0.4 is 10.2 Å². The number of carboxylic acids is 1. The number of carbonyl (C=O) groups is 1. The van der Waals surface area contributed by atoms with Gasteiger partial charge in [-0.25, -0.2) is 4.79 Å². The van der Waals surface area contributed by atoms with Crippen LogP contribution in [0.2, 0.25) is 0 Å². The van der Waals surface area contributed by atoms with E-state index in [1.807, 2.05) is 12.1 Å². The number of anilines is 3. The molecule has 6 heteroatoms. The van der Waals surface area contributed by atoms with Crippen molar-refractivity contribution in [3.63, 3.8) is 0 Å². The van der Waals surface area contributed by atoms with Crippen molar-refractivity contribution in [2.45, 2.75) is 19.3 Å². The lowest BCUT2D eigenvalue weighted by Gasteiger charge is -2.28. The molecule has 1 saturated heterocycles. The summed E-state index contributed by atoms with van der Waals surface area (Å²) in [5, 5.41) is 11.7. The van der Waals surface area contributed by atoms with Crippen LogP contribution in [0, 0.1) is 0 Å². The number of hydrogen-bond acceptors (Lipinski definition) is 5. The largest absolute Gasteiger partial charge is 0.476 e. The maximum Gasteiger partial charge on any atom is 0.357 e. The van der Waals surface area contributed by atoms with Gasteiger partial charge in [-0.3, -0.25) is 0 Å². The Morgan fingerprint density at radius 1 is 1.19 bits per heavy atom. The molecule has 0 bridgehead atoms. The minimum Gasteiger partial charge on any atom is -0.476 e. The van der Waals surface area contributed by atoms with Crippen LogP contribution in [-0.2, 0) is 0 Å². The van der Waals surface area contributed by atoms with Crippen LogP contribution in [0.4, 0.5) is 17.4 Å². The highest BCUT2D eigenvalue weighted by atomic mass is 16.4. The van der Waals surface area contributed by atoms with Crippen molar-refractivity contribution in [1.82, 2.24) is 4.98 Å². The van der Waals surface area contributed by atoms with E-state index in [-0.39, 0.29) is 11.7 Å². The third-order valence-corrected chi connectivity index (χ3v) is 3.56. The van der Waals surface area contributed by atoms with Crippen molar-refractivity contribution in [2.24, 2.45) is 0 Å². The predicted octanol–water partition coefficient (Wildman–Crippen LogP) is 3.11. The van der Waals surface area contributed by atoms with Crippen LogP contribution in [0.15, 0.2) is 34.9 Å². The molecule has 110 valence electrons. The molecule has 2 N–H and O–H groups in total. The first-order chi connectivity index (χ1) is 10.2. The normalized spacial score (nSPS) is 15.0. The third kappa shape index (κ3) is 3.16. The van der Waals surface area contributed by atoms with E-state index in [2.05, 4.69) is 27.3 Å². The molecule has 1 aromatic carbocycles. The highest BCUT2D eigenvalue weighted by Crippen LogP contribution is 2.23. The van der Waals surface area contributed by atoms with Gasteiger partial charge in [-0.15, -0.1) is 0 Å². The van der Waals surface area contributed by atoms with Crippen molar-refractivity contribution in [3.05, 3.63) is 36.2 Å². The van der Waals surface area contributed by atoms with Gasteiger partial charge in [0.2, 0.25) is 0 Å². The summed E-state index contributed by atoms with van der Waals surface area (Å²) >= 11 is 0. The maximum absolute atomic E-state index is 10.7. The number of hydrogen-bond donors (Lipinski definition) is 2. The number of rotatable bonds is 4. The molecule has 0 radical (unpaired) electrons. The van der Waals surface area contributed by atoms with Gasteiger partial charge in [-0.05, 0) is 43.5 Å². The Hall–Kier alpha value is -2.50. The van der Waals surface area contributed by atoms with Gasteiger partial charge in [0.1, 0.15) is 6.26 Å². The number of carboxylic acid groups (broad SMARTS) is 1. The first-order valence-electron chi connectivity index (χ1n) is 7.03. The summed E-state index contributed by atoms with van der Waals surface area (Å²) in [7, 11) is 0. The van der Waals surface area contributed by atoms with Crippen LogP contribution >= 0.6 is 0 Å². The van der Waals surface area contributed by atoms with E-state index >= 15 is 0 Å².